The number of benzene rings is 1. The molecule has 1 atom stereocenters. The number of rotatable bonds is 5. The molecule has 4 aromatic rings. The predicted octanol–water partition coefficient (Wildman–Crippen LogP) is 1.83. The Balaban J connectivity index is 1.51. The fourth-order valence-electron chi connectivity index (χ4n) is 2.97. The molecule has 0 spiro atoms. The minimum absolute atomic E-state index is 0.180. The highest BCUT2D eigenvalue weighted by molar-refractivity contribution is 5.76. The van der Waals surface area contributed by atoms with E-state index in [-0.39, 0.29) is 24.1 Å². The molecule has 0 unspecified atom stereocenters. The average Bonchev–Trinajstić information content (AvgIpc) is 3.14. The molecule has 1 amide bonds. The van der Waals surface area contributed by atoms with Crippen molar-refractivity contribution in [3.63, 3.8) is 0 Å². The number of hydrogen-bond acceptors (Lipinski definition) is 5. The van der Waals surface area contributed by atoms with Gasteiger partial charge >= 0.3 is 0 Å². The average molecular weight is 374 g/mol. The van der Waals surface area contributed by atoms with E-state index in [1.54, 1.807) is 6.07 Å². The normalized spacial score (nSPS) is 12.0. The van der Waals surface area contributed by atoms with Gasteiger partial charge in [0.15, 0.2) is 11.5 Å². The van der Waals surface area contributed by atoms with Crippen molar-refractivity contribution in [3.8, 4) is 11.3 Å². The van der Waals surface area contributed by atoms with E-state index >= 15 is 0 Å². The second-order valence-corrected chi connectivity index (χ2v) is 6.36. The molecule has 8 nitrogen and oxygen atoms in total. The van der Waals surface area contributed by atoms with E-state index in [9.17, 15) is 9.59 Å². The molecule has 28 heavy (non-hydrogen) atoms. The molecule has 4 rings (SSSR count). The Morgan fingerprint density at radius 3 is 2.64 bits per heavy atom. The third-order valence-corrected chi connectivity index (χ3v) is 4.33. The lowest BCUT2D eigenvalue weighted by molar-refractivity contribution is -0.122. The van der Waals surface area contributed by atoms with Gasteiger partial charge < -0.3 is 5.32 Å². The number of aromatic nitrogens is 5. The number of carbonyl (C=O) groups excluding carboxylic acids is 1. The molecular formula is C20H18N6O2. The van der Waals surface area contributed by atoms with Gasteiger partial charge in [-0.2, -0.15) is 5.10 Å². The smallest absolute Gasteiger partial charge is 0.267 e. The number of hydrogen-bond donors (Lipinski definition) is 1. The van der Waals surface area contributed by atoms with Crippen LogP contribution in [-0.4, -0.2) is 30.3 Å². The Kier molecular flexibility index (Phi) is 4.67. The molecule has 1 aromatic carbocycles. The maximum atomic E-state index is 12.5. The fraction of sp³-hybridized carbons (Fsp3) is 0.150. The monoisotopic (exact) mass is 374 g/mol. The first kappa shape index (κ1) is 17.6. The first-order chi connectivity index (χ1) is 13.6. The zero-order valence-corrected chi connectivity index (χ0v) is 15.2. The van der Waals surface area contributed by atoms with Gasteiger partial charge in [-0.15, -0.1) is 10.2 Å². The Hall–Kier alpha value is -3.81. The summed E-state index contributed by atoms with van der Waals surface area (Å²) in [6.07, 6.45) is 1.84. The summed E-state index contributed by atoms with van der Waals surface area (Å²) in [5, 5.41) is 15.4. The van der Waals surface area contributed by atoms with Gasteiger partial charge in [0.2, 0.25) is 5.91 Å². The Bertz CT molecular complexity index is 1180. The summed E-state index contributed by atoms with van der Waals surface area (Å²) in [7, 11) is 0. The van der Waals surface area contributed by atoms with Crippen LogP contribution in [0.5, 0.6) is 0 Å². The van der Waals surface area contributed by atoms with E-state index in [1.807, 2.05) is 66.1 Å². The molecule has 0 radical (unpaired) electrons. The third kappa shape index (κ3) is 3.52. The van der Waals surface area contributed by atoms with Gasteiger partial charge in [-0.25, -0.2) is 4.68 Å². The second-order valence-electron chi connectivity index (χ2n) is 6.36. The molecule has 8 heteroatoms. The third-order valence-electron chi connectivity index (χ3n) is 4.33. The van der Waals surface area contributed by atoms with E-state index in [0.717, 1.165) is 10.2 Å². The van der Waals surface area contributed by atoms with Crippen LogP contribution < -0.4 is 10.9 Å². The number of nitrogens with one attached hydrogen (secondary N) is 1. The maximum absolute atomic E-state index is 12.5. The molecule has 0 saturated heterocycles. The zero-order valence-electron chi connectivity index (χ0n) is 15.2. The minimum Gasteiger partial charge on any atom is -0.345 e. The molecule has 0 fully saturated rings. The van der Waals surface area contributed by atoms with Crippen LogP contribution >= 0.6 is 0 Å². The van der Waals surface area contributed by atoms with Crippen LogP contribution in [0, 0.1) is 0 Å². The van der Waals surface area contributed by atoms with Crippen LogP contribution in [-0.2, 0) is 11.3 Å². The van der Waals surface area contributed by atoms with Crippen molar-refractivity contribution in [1.82, 2.24) is 29.7 Å². The van der Waals surface area contributed by atoms with Crippen LogP contribution in [0.1, 0.15) is 18.8 Å². The molecule has 1 N–H and O–H groups in total. The van der Waals surface area contributed by atoms with Crippen molar-refractivity contribution in [1.29, 1.82) is 0 Å². The molecule has 0 aliphatic rings. The molecule has 0 bridgehead atoms. The number of carbonyl (C=O) groups is 1. The van der Waals surface area contributed by atoms with Crippen molar-refractivity contribution in [2.45, 2.75) is 19.5 Å². The summed E-state index contributed by atoms with van der Waals surface area (Å²) in [4.78, 5) is 24.6. The van der Waals surface area contributed by atoms with Gasteiger partial charge in [-0.1, -0.05) is 36.4 Å². The summed E-state index contributed by atoms with van der Waals surface area (Å²) >= 11 is 0. The first-order valence-corrected chi connectivity index (χ1v) is 8.84. The fourth-order valence-corrected chi connectivity index (χ4v) is 2.97. The quantitative estimate of drug-likeness (QED) is 0.575. The molecule has 0 aliphatic carbocycles. The van der Waals surface area contributed by atoms with Crippen molar-refractivity contribution in [3.05, 3.63) is 83.0 Å². The molecule has 140 valence electrons. The zero-order chi connectivity index (χ0) is 19.5. The molecule has 3 heterocycles. The highest BCUT2D eigenvalue weighted by Crippen LogP contribution is 2.14. The summed E-state index contributed by atoms with van der Waals surface area (Å²) in [6, 6.07) is 17.7. The van der Waals surface area contributed by atoms with Crippen molar-refractivity contribution >= 4 is 11.6 Å². The molecule has 3 aromatic heterocycles. The highest BCUT2D eigenvalue weighted by atomic mass is 16.2. The summed E-state index contributed by atoms with van der Waals surface area (Å²) < 4.78 is 2.97. The molecule has 0 aliphatic heterocycles. The van der Waals surface area contributed by atoms with Gasteiger partial charge in [0.25, 0.3) is 5.56 Å². The van der Waals surface area contributed by atoms with Crippen LogP contribution in [0.2, 0.25) is 0 Å². The standard InChI is InChI=1S/C20H18N6O2/c1-14(20-23-22-17-9-5-6-12-25(17)20)21-18(27)13-26-19(28)11-10-16(24-26)15-7-3-2-4-8-15/h2-12,14H,13H2,1H3,(H,21,27)/t14-/m1/s1. The summed E-state index contributed by atoms with van der Waals surface area (Å²) in [5.41, 5.74) is 1.87. The van der Waals surface area contributed by atoms with Gasteiger partial charge in [0, 0.05) is 17.8 Å². The largest absolute Gasteiger partial charge is 0.345 e. The Labute approximate surface area is 160 Å². The topological polar surface area (TPSA) is 94.2 Å². The highest BCUT2D eigenvalue weighted by Gasteiger charge is 2.16. The lowest BCUT2D eigenvalue weighted by Crippen LogP contribution is -2.35. The molecular weight excluding hydrogens is 356 g/mol. The minimum atomic E-state index is -0.377. The number of nitrogens with zero attached hydrogens (tertiary/aromatic N) is 5. The van der Waals surface area contributed by atoms with E-state index in [1.165, 1.54) is 6.07 Å². The van der Waals surface area contributed by atoms with Crippen molar-refractivity contribution in [2.24, 2.45) is 0 Å². The van der Waals surface area contributed by atoms with Gasteiger partial charge in [0.1, 0.15) is 6.54 Å². The summed E-state index contributed by atoms with van der Waals surface area (Å²) in [5.74, 6) is 0.280. The number of pyridine rings is 1. The Morgan fingerprint density at radius 1 is 1.04 bits per heavy atom. The first-order valence-electron chi connectivity index (χ1n) is 8.84. The number of amides is 1. The Morgan fingerprint density at radius 2 is 1.82 bits per heavy atom. The van der Waals surface area contributed by atoms with Crippen LogP contribution in [0.15, 0.2) is 71.7 Å². The lowest BCUT2D eigenvalue weighted by atomic mass is 10.1. The van der Waals surface area contributed by atoms with Crippen LogP contribution in [0.25, 0.3) is 16.9 Å². The van der Waals surface area contributed by atoms with E-state index in [2.05, 4.69) is 20.6 Å². The van der Waals surface area contributed by atoms with Gasteiger partial charge in [-0.3, -0.25) is 14.0 Å². The maximum Gasteiger partial charge on any atom is 0.267 e. The molecule has 0 saturated carbocycles. The van der Waals surface area contributed by atoms with Crippen molar-refractivity contribution < 1.29 is 4.79 Å². The predicted molar refractivity (Wildman–Crippen MR) is 103 cm³/mol. The van der Waals surface area contributed by atoms with E-state index < -0.39 is 0 Å². The van der Waals surface area contributed by atoms with E-state index in [0.29, 0.717) is 17.2 Å². The van der Waals surface area contributed by atoms with Gasteiger partial charge in [0.05, 0.1) is 11.7 Å². The van der Waals surface area contributed by atoms with Crippen molar-refractivity contribution in [2.75, 3.05) is 0 Å². The number of fused-ring (bicyclic) bond motifs is 1. The van der Waals surface area contributed by atoms with Crippen LogP contribution in [0.4, 0.5) is 0 Å². The van der Waals surface area contributed by atoms with Crippen LogP contribution in [0.3, 0.4) is 0 Å². The lowest BCUT2D eigenvalue weighted by Gasteiger charge is -2.13. The second kappa shape index (κ2) is 7.43. The van der Waals surface area contributed by atoms with E-state index in [4.69, 9.17) is 0 Å². The SMILES string of the molecule is C[C@@H](NC(=O)Cn1nc(-c2ccccc2)ccc1=O)c1nnc2ccccn12. The summed E-state index contributed by atoms with van der Waals surface area (Å²) in [6.45, 7) is 1.64. The van der Waals surface area contributed by atoms with Gasteiger partial charge in [-0.05, 0) is 25.1 Å².